The molecular weight excluding hydrogens is 260 g/mol. The Bertz CT molecular complexity index is 314. The van der Waals surface area contributed by atoms with Gasteiger partial charge in [-0.3, -0.25) is 30.5 Å². The van der Waals surface area contributed by atoms with E-state index in [0.717, 1.165) is 0 Å². The summed E-state index contributed by atoms with van der Waals surface area (Å²) in [6, 6.07) is 0. The van der Waals surface area contributed by atoms with Gasteiger partial charge in [-0.25, -0.2) is 0 Å². The summed E-state index contributed by atoms with van der Waals surface area (Å²) in [5.74, 6) is -0.880. The van der Waals surface area contributed by atoms with Gasteiger partial charge in [-0.2, -0.15) is 0 Å². The molecule has 0 radical (unpaired) electrons. The van der Waals surface area contributed by atoms with Gasteiger partial charge in [-0.1, -0.05) is 24.4 Å². The summed E-state index contributed by atoms with van der Waals surface area (Å²) in [6.45, 7) is 3.33. The molecule has 0 aromatic carbocycles. The highest BCUT2D eigenvalue weighted by atomic mass is 32.1. The molecule has 0 aliphatic heterocycles. The van der Waals surface area contributed by atoms with Crippen molar-refractivity contribution in [2.24, 2.45) is 0 Å². The Kier molecular flexibility index (Phi) is 6.59. The Hall–Kier alpha value is -1.28. The average Bonchev–Trinajstić information content (AvgIpc) is 2.16. The molecule has 0 saturated carbocycles. The van der Waals surface area contributed by atoms with E-state index in [1.54, 1.807) is 27.9 Å². The third-order valence-corrected chi connectivity index (χ3v) is 2.40. The Morgan fingerprint density at radius 3 is 1.47 bits per heavy atom. The number of hydrazine groups is 2. The van der Waals surface area contributed by atoms with Crippen LogP contribution in [0.4, 0.5) is 0 Å². The summed E-state index contributed by atoms with van der Waals surface area (Å²) in [6.07, 6.45) is -0.292. The molecule has 0 heterocycles. The van der Waals surface area contributed by atoms with Crippen LogP contribution < -0.4 is 10.9 Å². The van der Waals surface area contributed by atoms with E-state index in [1.807, 2.05) is 0 Å². The van der Waals surface area contributed by atoms with Crippen molar-refractivity contribution in [2.75, 3.05) is 14.1 Å². The van der Waals surface area contributed by atoms with Crippen LogP contribution in [0.1, 0.15) is 20.3 Å². The van der Waals surface area contributed by atoms with Crippen molar-refractivity contribution >= 4 is 46.2 Å². The van der Waals surface area contributed by atoms with Gasteiger partial charge in [0.25, 0.3) is 0 Å². The molecule has 8 heteroatoms. The number of amides is 2. The zero-order valence-electron chi connectivity index (χ0n) is 10.2. The van der Waals surface area contributed by atoms with Crippen LogP contribution in [-0.4, -0.2) is 45.9 Å². The summed E-state index contributed by atoms with van der Waals surface area (Å²) in [7, 11) is 3.21. The molecule has 96 valence electrons. The summed E-state index contributed by atoms with van der Waals surface area (Å²) in [5.41, 5.74) is 4.91. The van der Waals surface area contributed by atoms with E-state index < -0.39 is 11.8 Å². The number of nitrogens with zero attached hydrogens (tertiary/aromatic N) is 2. The Balaban J connectivity index is 4.09. The second-order valence-electron chi connectivity index (χ2n) is 3.40. The van der Waals surface area contributed by atoms with Gasteiger partial charge in [0.05, 0.1) is 9.98 Å². The summed E-state index contributed by atoms with van der Waals surface area (Å²) in [5, 5.41) is 2.75. The van der Waals surface area contributed by atoms with E-state index in [0.29, 0.717) is 9.98 Å². The zero-order chi connectivity index (χ0) is 13.6. The van der Waals surface area contributed by atoms with Crippen molar-refractivity contribution in [2.45, 2.75) is 20.3 Å². The van der Waals surface area contributed by atoms with Gasteiger partial charge in [0, 0.05) is 14.1 Å². The second-order valence-corrected chi connectivity index (χ2v) is 4.58. The van der Waals surface area contributed by atoms with E-state index in [9.17, 15) is 9.59 Å². The molecule has 0 unspecified atom stereocenters. The second kappa shape index (κ2) is 7.13. The van der Waals surface area contributed by atoms with Gasteiger partial charge >= 0.3 is 0 Å². The van der Waals surface area contributed by atoms with Crippen LogP contribution in [0.3, 0.4) is 0 Å². The first-order valence-electron chi connectivity index (χ1n) is 4.81. The maximum atomic E-state index is 11.4. The molecule has 2 amide bonds. The molecule has 0 atom stereocenters. The molecule has 0 aromatic rings. The van der Waals surface area contributed by atoms with E-state index in [-0.39, 0.29) is 6.42 Å². The van der Waals surface area contributed by atoms with Crippen molar-refractivity contribution in [3.63, 3.8) is 0 Å². The molecule has 0 rings (SSSR count). The predicted molar refractivity (Wildman–Crippen MR) is 73.0 cm³/mol. The highest BCUT2D eigenvalue weighted by Crippen LogP contribution is 1.88. The van der Waals surface area contributed by atoms with E-state index in [2.05, 4.69) is 10.9 Å². The molecule has 2 N–H and O–H groups in total. The molecule has 0 aromatic heterocycles. The minimum absolute atomic E-state index is 0.292. The van der Waals surface area contributed by atoms with Crippen LogP contribution in [0.25, 0.3) is 0 Å². The number of nitrogens with one attached hydrogen (secondary N) is 2. The maximum Gasteiger partial charge on any atom is 0.248 e. The number of thiocarbonyl (C=S) groups is 2. The number of carbonyl (C=O) groups is 2. The van der Waals surface area contributed by atoms with E-state index in [4.69, 9.17) is 24.4 Å². The Morgan fingerprint density at radius 1 is 0.941 bits per heavy atom. The summed E-state index contributed by atoms with van der Waals surface area (Å²) < 4.78 is 0. The van der Waals surface area contributed by atoms with Crippen LogP contribution in [0.2, 0.25) is 0 Å². The first kappa shape index (κ1) is 15.7. The van der Waals surface area contributed by atoms with Gasteiger partial charge in [0.2, 0.25) is 11.8 Å². The largest absolute Gasteiger partial charge is 0.282 e. The fraction of sp³-hybridized carbons (Fsp3) is 0.556. The molecule has 0 saturated heterocycles. The minimum Gasteiger partial charge on any atom is -0.282 e. The third kappa shape index (κ3) is 6.80. The number of hydrogen-bond acceptors (Lipinski definition) is 4. The molecule has 0 aliphatic rings. The fourth-order valence-corrected chi connectivity index (χ4v) is 0.848. The van der Waals surface area contributed by atoms with Crippen LogP contribution in [0.5, 0.6) is 0 Å². The van der Waals surface area contributed by atoms with Crippen LogP contribution in [0.15, 0.2) is 0 Å². The quantitative estimate of drug-likeness (QED) is 0.420. The van der Waals surface area contributed by atoms with Crippen molar-refractivity contribution in [3.8, 4) is 0 Å². The van der Waals surface area contributed by atoms with Gasteiger partial charge in [-0.15, -0.1) is 0 Å². The average molecular weight is 276 g/mol. The molecule has 0 fully saturated rings. The molecule has 17 heavy (non-hydrogen) atoms. The zero-order valence-corrected chi connectivity index (χ0v) is 11.9. The molecular formula is C9H16N4O2S2. The van der Waals surface area contributed by atoms with Crippen molar-refractivity contribution in [3.05, 3.63) is 0 Å². The smallest absolute Gasteiger partial charge is 0.248 e. The van der Waals surface area contributed by atoms with Crippen molar-refractivity contribution in [1.29, 1.82) is 0 Å². The molecule has 0 spiro atoms. The normalized spacial score (nSPS) is 9.18. The monoisotopic (exact) mass is 276 g/mol. The fourth-order valence-electron chi connectivity index (χ4n) is 0.756. The summed E-state index contributed by atoms with van der Waals surface area (Å²) in [4.78, 5) is 23.8. The lowest BCUT2D eigenvalue weighted by Crippen LogP contribution is -2.46. The molecule has 0 bridgehead atoms. The van der Waals surface area contributed by atoms with E-state index >= 15 is 0 Å². The minimum atomic E-state index is -0.440. The standard InChI is InChI=1S/C9H16N4O2S2/c1-6(16)12(3)10-8(14)5-9(15)11-13(4)7(2)17/h5H2,1-4H3,(H,10,14)(H,11,15). The summed E-state index contributed by atoms with van der Waals surface area (Å²) >= 11 is 9.68. The highest BCUT2D eigenvalue weighted by Gasteiger charge is 2.12. The third-order valence-electron chi connectivity index (χ3n) is 1.85. The van der Waals surface area contributed by atoms with Crippen LogP contribution >= 0.6 is 24.4 Å². The van der Waals surface area contributed by atoms with Crippen molar-refractivity contribution < 1.29 is 9.59 Å². The van der Waals surface area contributed by atoms with Gasteiger partial charge in [-0.05, 0) is 13.8 Å². The molecule has 6 nitrogen and oxygen atoms in total. The highest BCUT2D eigenvalue weighted by molar-refractivity contribution is 7.80. The number of rotatable bonds is 2. The van der Waals surface area contributed by atoms with Crippen LogP contribution in [-0.2, 0) is 9.59 Å². The lowest BCUT2D eigenvalue weighted by Gasteiger charge is -2.20. The van der Waals surface area contributed by atoms with Gasteiger partial charge in [0.15, 0.2) is 0 Å². The van der Waals surface area contributed by atoms with Gasteiger partial charge < -0.3 is 0 Å². The number of hydrogen-bond donors (Lipinski definition) is 2. The number of carbonyl (C=O) groups excluding carboxylic acids is 2. The van der Waals surface area contributed by atoms with Crippen molar-refractivity contribution in [1.82, 2.24) is 20.9 Å². The maximum absolute atomic E-state index is 11.4. The topological polar surface area (TPSA) is 64.7 Å². The molecule has 0 aliphatic carbocycles. The Morgan fingerprint density at radius 2 is 1.24 bits per heavy atom. The first-order chi connectivity index (χ1) is 7.73. The Labute approximate surface area is 111 Å². The predicted octanol–water partition coefficient (Wildman–Crippen LogP) is -0.00290. The van der Waals surface area contributed by atoms with E-state index in [1.165, 1.54) is 10.0 Å². The SMILES string of the molecule is CC(=S)N(C)NC(=O)CC(=O)NN(C)C(C)=S. The van der Waals surface area contributed by atoms with Gasteiger partial charge in [0.1, 0.15) is 6.42 Å². The van der Waals surface area contributed by atoms with Crippen LogP contribution in [0, 0.1) is 0 Å². The lowest BCUT2D eigenvalue weighted by atomic mass is 10.4. The lowest BCUT2D eigenvalue weighted by molar-refractivity contribution is -0.132. The first-order valence-corrected chi connectivity index (χ1v) is 5.63.